The number of ether oxygens (including phenoxy) is 2. The molecule has 1 aliphatic carbocycles. The summed E-state index contributed by atoms with van der Waals surface area (Å²) in [6.07, 6.45) is 5.51. The first-order valence-corrected chi connectivity index (χ1v) is 9.51. The maximum Gasteiger partial charge on any atom is 0.413 e. The van der Waals surface area contributed by atoms with Crippen LogP contribution in [0.2, 0.25) is 0 Å². The third-order valence-electron chi connectivity index (χ3n) is 5.54. The fraction of sp³-hybridized carbons (Fsp3) is 0.667. The van der Waals surface area contributed by atoms with Crippen LogP contribution in [0.25, 0.3) is 0 Å². The first-order valence-electron chi connectivity index (χ1n) is 9.51. The van der Waals surface area contributed by atoms with Gasteiger partial charge < -0.3 is 9.47 Å². The Morgan fingerprint density at radius 2 is 1.76 bits per heavy atom. The second kappa shape index (κ2) is 6.99. The zero-order chi connectivity index (χ0) is 18.1. The smallest absolute Gasteiger partial charge is 0.413 e. The predicted molar refractivity (Wildman–Crippen MR) is 98.2 cm³/mol. The number of rotatable bonds is 3. The van der Waals surface area contributed by atoms with E-state index < -0.39 is 5.72 Å². The molecule has 1 aromatic carbocycles. The van der Waals surface area contributed by atoms with E-state index in [1.165, 1.54) is 19.3 Å². The minimum atomic E-state index is -0.644. The highest BCUT2D eigenvalue weighted by Crippen LogP contribution is 2.40. The van der Waals surface area contributed by atoms with Crippen LogP contribution in [0.5, 0.6) is 0 Å². The molecule has 1 aromatic rings. The van der Waals surface area contributed by atoms with E-state index in [0.717, 1.165) is 18.4 Å². The molecule has 1 amide bonds. The van der Waals surface area contributed by atoms with Crippen LogP contribution in [0.15, 0.2) is 30.3 Å². The van der Waals surface area contributed by atoms with Gasteiger partial charge in [-0.05, 0) is 46.1 Å². The molecule has 1 saturated heterocycles. The Bertz CT molecular complexity index is 574. The van der Waals surface area contributed by atoms with Crippen molar-refractivity contribution in [2.75, 3.05) is 6.61 Å². The molecule has 2 aliphatic rings. The van der Waals surface area contributed by atoms with E-state index in [1.54, 1.807) is 4.90 Å². The van der Waals surface area contributed by atoms with Crippen molar-refractivity contribution in [2.45, 2.75) is 77.2 Å². The van der Waals surface area contributed by atoms with Crippen LogP contribution in [-0.2, 0) is 9.47 Å². The van der Waals surface area contributed by atoms with Gasteiger partial charge in [-0.2, -0.15) is 0 Å². The van der Waals surface area contributed by atoms with Gasteiger partial charge in [-0.3, -0.25) is 4.90 Å². The molecule has 0 aromatic heterocycles. The number of hydrogen-bond donors (Lipinski definition) is 0. The van der Waals surface area contributed by atoms with Gasteiger partial charge in [0.1, 0.15) is 11.8 Å². The van der Waals surface area contributed by atoms with Gasteiger partial charge in [-0.15, -0.1) is 0 Å². The third kappa shape index (κ3) is 3.84. The summed E-state index contributed by atoms with van der Waals surface area (Å²) in [4.78, 5) is 14.9. The Kier molecular flexibility index (Phi) is 5.10. The molecule has 4 nitrogen and oxygen atoms in total. The highest BCUT2D eigenvalue weighted by molar-refractivity contribution is 5.70. The molecular formula is C21H31NO3. The third-order valence-corrected chi connectivity index (χ3v) is 5.54. The molecule has 4 heteroatoms. The van der Waals surface area contributed by atoms with E-state index in [0.29, 0.717) is 12.5 Å². The monoisotopic (exact) mass is 345 g/mol. The van der Waals surface area contributed by atoms with Gasteiger partial charge in [-0.25, -0.2) is 4.79 Å². The molecule has 1 atom stereocenters. The molecule has 1 unspecified atom stereocenters. The van der Waals surface area contributed by atoms with Crippen LogP contribution in [0.4, 0.5) is 4.79 Å². The summed E-state index contributed by atoms with van der Waals surface area (Å²) in [5.41, 5.74) is 0.0847. The molecule has 1 heterocycles. The largest absolute Gasteiger partial charge is 0.441 e. The first-order chi connectivity index (χ1) is 11.8. The molecule has 2 fully saturated rings. The molecule has 0 N–H and O–H groups in total. The first kappa shape index (κ1) is 18.2. The van der Waals surface area contributed by atoms with Crippen LogP contribution in [0, 0.1) is 5.92 Å². The molecule has 1 aliphatic heterocycles. The van der Waals surface area contributed by atoms with Gasteiger partial charge in [-0.1, -0.05) is 49.6 Å². The van der Waals surface area contributed by atoms with Gasteiger partial charge in [0.2, 0.25) is 0 Å². The zero-order valence-corrected chi connectivity index (χ0v) is 16.0. The summed E-state index contributed by atoms with van der Waals surface area (Å²) in [6, 6.07) is 10.2. The van der Waals surface area contributed by atoms with Crippen LogP contribution >= 0.6 is 0 Å². The Morgan fingerprint density at radius 3 is 2.32 bits per heavy atom. The molecule has 0 radical (unpaired) electrons. The van der Waals surface area contributed by atoms with E-state index in [-0.39, 0.29) is 17.7 Å². The van der Waals surface area contributed by atoms with E-state index >= 15 is 0 Å². The van der Waals surface area contributed by atoms with Crippen molar-refractivity contribution in [1.29, 1.82) is 0 Å². The Balaban J connectivity index is 1.83. The molecule has 1 saturated carbocycles. The van der Waals surface area contributed by atoms with Crippen molar-refractivity contribution in [1.82, 2.24) is 4.90 Å². The number of carbonyl (C=O) groups excluding carboxylic acids is 1. The summed E-state index contributed by atoms with van der Waals surface area (Å²) in [5.74, 6) is 0.398. The normalized spacial score (nSPS) is 24.1. The van der Waals surface area contributed by atoms with Gasteiger partial charge >= 0.3 is 6.09 Å². The fourth-order valence-corrected chi connectivity index (χ4v) is 4.36. The number of nitrogens with zero attached hydrogens (tertiary/aromatic N) is 1. The summed E-state index contributed by atoms with van der Waals surface area (Å²) in [6.45, 7) is 8.44. The second-order valence-electron chi connectivity index (χ2n) is 8.50. The van der Waals surface area contributed by atoms with Crippen molar-refractivity contribution < 1.29 is 14.3 Å². The number of carbonyl (C=O) groups is 1. The standard InChI is InChI=1S/C21H31NO3/c1-20(2)15-24-21(3,4)22(20)19(23)25-18(16-11-7-5-8-12-16)17-13-9-6-10-14-17/h5,7-8,11-12,17-18H,6,9-10,13-15H2,1-4H3. The van der Waals surface area contributed by atoms with E-state index in [1.807, 2.05) is 45.9 Å². The number of hydrogen-bond acceptors (Lipinski definition) is 3. The highest BCUT2D eigenvalue weighted by Gasteiger charge is 2.50. The molecule has 138 valence electrons. The molecule has 0 spiro atoms. The van der Waals surface area contributed by atoms with Gasteiger partial charge in [0.15, 0.2) is 0 Å². The molecule has 3 rings (SSSR count). The van der Waals surface area contributed by atoms with E-state index in [4.69, 9.17) is 9.47 Å². The maximum absolute atomic E-state index is 13.1. The minimum Gasteiger partial charge on any atom is -0.441 e. The zero-order valence-electron chi connectivity index (χ0n) is 16.0. The molecule has 25 heavy (non-hydrogen) atoms. The van der Waals surface area contributed by atoms with Crippen molar-refractivity contribution >= 4 is 6.09 Å². The lowest BCUT2D eigenvalue weighted by Gasteiger charge is -2.39. The molecular weight excluding hydrogens is 314 g/mol. The Labute approximate surface area is 151 Å². The highest BCUT2D eigenvalue weighted by atomic mass is 16.6. The van der Waals surface area contributed by atoms with Crippen molar-refractivity contribution in [3.05, 3.63) is 35.9 Å². The summed E-state index contributed by atoms with van der Waals surface area (Å²) in [5, 5.41) is 0. The van der Waals surface area contributed by atoms with E-state index in [2.05, 4.69) is 12.1 Å². The number of benzene rings is 1. The van der Waals surface area contributed by atoms with Gasteiger partial charge in [0.25, 0.3) is 0 Å². The quantitative estimate of drug-likeness (QED) is 0.747. The van der Waals surface area contributed by atoms with Crippen molar-refractivity contribution in [3.63, 3.8) is 0 Å². The van der Waals surface area contributed by atoms with Crippen molar-refractivity contribution in [2.24, 2.45) is 5.92 Å². The predicted octanol–water partition coefficient (Wildman–Crippen LogP) is 5.29. The summed E-state index contributed by atoms with van der Waals surface area (Å²) < 4.78 is 12.0. The maximum atomic E-state index is 13.1. The van der Waals surface area contributed by atoms with Crippen LogP contribution < -0.4 is 0 Å². The number of amides is 1. The lowest BCUT2D eigenvalue weighted by molar-refractivity contribution is -0.0654. The SMILES string of the molecule is CC1(C)COC(C)(C)N1C(=O)OC(c1ccccc1)C1CCCCC1. The Hall–Kier alpha value is -1.55. The second-order valence-corrected chi connectivity index (χ2v) is 8.50. The lowest BCUT2D eigenvalue weighted by atomic mass is 9.82. The summed E-state index contributed by atoms with van der Waals surface area (Å²) >= 11 is 0. The summed E-state index contributed by atoms with van der Waals surface area (Å²) in [7, 11) is 0. The van der Waals surface area contributed by atoms with E-state index in [9.17, 15) is 4.79 Å². The minimum absolute atomic E-state index is 0.179. The van der Waals surface area contributed by atoms with Gasteiger partial charge in [0.05, 0.1) is 12.1 Å². The van der Waals surface area contributed by atoms with Crippen LogP contribution in [0.1, 0.15) is 71.5 Å². The van der Waals surface area contributed by atoms with Crippen molar-refractivity contribution in [3.8, 4) is 0 Å². The average molecular weight is 345 g/mol. The van der Waals surface area contributed by atoms with Crippen LogP contribution in [0.3, 0.4) is 0 Å². The average Bonchev–Trinajstić information content (AvgIpc) is 2.82. The topological polar surface area (TPSA) is 38.8 Å². The Morgan fingerprint density at radius 1 is 1.12 bits per heavy atom. The lowest BCUT2D eigenvalue weighted by Crippen LogP contribution is -2.53. The van der Waals surface area contributed by atoms with Gasteiger partial charge in [0, 0.05) is 5.92 Å². The van der Waals surface area contributed by atoms with Crippen LogP contribution in [-0.4, -0.2) is 28.9 Å². The molecule has 0 bridgehead atoms. The fourth-order valence-electron chi connectivity index (χ4n) is 4.36.